The predicted octanol–water partition coefficient (Wildman–Crippen LogP) is 3.98. The van der Waals surface area contributed by atoms with E-state index < -0.39 is 5.97 Å². The summed E-state index contributed by atoms with van der Waals surface area (Å²) in [6.45, 7) is 0.650. The van der Waals surface area contributed by atoms with E-state index in [0.717, 1.165) is 5.56 Å². The van der Waals surface area contributed by atoms with E-state index in [1.165, 1.54) is 6.07 Å². The van der Waals surface area contributed by atoms with E-state index >= 15 is 0 Å². The largest absolute Gasteiger partial charge is 0.491 e. The second kappa shape index (κ2) is 7.66. The topological polar surface area (TPSA) is 86.0 Å². The molecule has 1 aromatic heterocycles. The van der Waals surface area contributed by atoms with Gasteiger partial charge in [-0.25, -0.2) is 0 Å². The Morgan fingerprint density at radius 1 is 1.18 bits per heavy atom. The van der Waals surface area contributed by atoms with Gasteiger partial charge in [0, 0.05) is 11.6 Å². The molecule has 0 aliphatic heterocycles. The molecule has 7 heteroatoms. The summed E-state index contributed by atoms with van der Waals surface area (Å²) in [5, 5.41) is 9.65. The van der Waals surface area contributed by atoms with Crippen LogP contribution < -0.4 is 10.2 Å². The van der Waals surface area contributed by atoms with Crippen LogP contribution in [0.2, 0.25) is 5.02 Å². The quantitative estimate of drug-likeness (QED) is 0.604. The third-order valence-electron chi connectivity index (χ3n) is 4.58. The van der Waals surface area contributed by atoms with E-state index in [1.54, 1.807) is 42.5 Å². The van der Waals surface area contributed by atoms with Crippen molar-refractivity contribution in [2.45, 2.75) is 12.5 Å². The van der Waals surface area contributed by atoms with Crippen LogP contribution in [-0.4, -0.2) is 30.4 Å². The van der Waals surface area contributed by atoms with Crippen LogP contribution in [0.25, 0.3) is 22.3 Å². The summed E-state index contributed by atoms with van der Waals surface area (Å²) < 4.78 is 16.9. The van der Waals surface area contributed by atoms with Crippen molar-refractivity contribution in [1.82, 2.24) is 0 Å². The van der Waals surface area contributed by atoms with Gasteiger partial charge < -0.3 is 19.0 Å². The monoisotopic (exact) mass is 400 g/mol. The number of halogens is 1. The summed E-state index contributed by atoms with van der Waals surface area (Å²) in [5.74, 6) is -0.138. The van der Waals surface area contributed by atoms with Crippen molar-refractivity contribution in [3.63, 3.8) is 0 Å². The lowest BCUT2D eigenvalue weighted by atomic mass is 10.1. The van der Waals surface area contributed by atoms with E-state index in [1.807, 2.05) is 0 Å². The summed E-state index contributed by atoms with van der Waals surface area (Å²) in [6.07, 6.45) is 0.358. The van der Waals surface area contributed by atoms with E-state index in [9.17, 15) is 9.59 Å². The lowest BCUT2D eigenvalue weighted by Crippen LogP contribution is -2.11. The second-order valence-corrected chi connectivity index (χ2v) is 6.96. The Balaban J connectivity index is 1.39. The molecule has 1 aliphatic rings. The summed E-state index contributed by atoms with van der Waals surface area (Å²) in [6, 6.07) is 13.6. The summed E-state index contributed by atoms with van der Waals surface area (Å²) >= 11 is 6.14. The van der Waals surface area contributed by atoms with Crippen LogP contribution in [0.3, 0.4) is 0 Å². The van der Waals surface area contributed by atoms with Gasteiger partial charge in [0.2, 0.25) is 0 Å². The number of carbonyl (C=O) groups is 1. The number of benzene rings is 2. The molecule has 0 saturated heterocycles. The number of ether oxygens (including phenoxy) is 2. The Morgan fingerprint density at radius 3 is 2.68 bits per heavy atom. The van der Waals surface area contributed by atoms with Crippen LogP contribution in [0.5, 0.6) is 5.75 Å². The normalized spacial score (nSPS) is 18.2. The molecule has 0 bridgehead atoms. The van der Waals surface area contributed by atoms with Gasteiger partial charge >= 0.3 is 5.97 Å². The average molecular weight is 401 g/mol. The Labute approximate surface area is 165 Å². The fraction of sp³-hybridized carbons (Fsp3) is 0.238. The Morgan fingerprint density at radius 2 is 1.96 bits per heavy atom. The van der Waals surface area contributed by atoms with Crippen LogP contribution in [0.15, 0.2) is 57.7 Å². The van der Waals surface area contributed by atoms with Gasteiger partial charge in [-0.2, -0.15) is 0 Å². The number of fused-ring (bicyclic) bond motifs is 1. The Bertz CT molecular complexity index is 1070. The first-order valence-electron chi connectivity index (χ1n) is 8.83. The number of hydrogen-bond donors (Lipinski definition) is 1. The summed E-state index contributed by atoms with van der Waals surface area (Å²) in [7, 11) is 0. The third kappa shape index (κ3) is 3.88. The van der Waals surface area contributed by atoms with Crippen LogP contribution in [0, 0.1) is 5.92 Å². The molecule has 0 spiro atoms. The van der Waals surface area contributed by atoms with Crippen molar-refractivity contribution in [2.24, 2.45) is 5.92 Å². The molecule has 28 heavy (non-hydrogen) atoms. The standard InChI is InChI=1S/C21H17ClO6/c22-16-3-1-2-14-17(23)11-18(28-20(14)16)12-4-6-13(7-5-12)26-8-9-27-19-10-15(19)21(24)25/h1-7,11,15,19H,8-10H2,(H,24,25). The highest BCUT2D eigenvalue weighted by Crippen LogP contribution is 2.33. The van der Waals surface area contributed by atoms with Gasteiger partial charge in [-0.3, -0.25) is 9.59 Å². The summed E-state index contributed by atoms with van der Waals surface area (Å²) in [5.41, 5.74) is 0.935. The zero-order chi connectivity index (χ0) is 19.7. The summed E-state index contributed by atoms with van der Waals surface area (Å²) in [4.78, 5) is 23.0. The van der Waals surface area contributed by atoms with Gasteiger partial charge in [-0.1, -0.05) is 17.7 Å². The lowest BCUT2D eigenvalue weighted by Gasteiger charge is -2.08. The highest BCUT2D eigenvalue weighted by atomic mass is 35.5. The molecule has 4 rings (SSSR count). The van der Waals surface area contributed by atoms with Crippen LogP contribution in [0.1, 0.15) is 6.42 Å². The number of aliphatic carboxylic acids is 1. The Kier molecular flexibility index (Phi) is 5.07. The fourth-order valence-corrected chi connectivity index (χ4v) is 3.19. The van der Waals surface area contributed by atoms with Crippen molar-refractivity contribution in [1.29, 1.82) is 0 Å². The number of para-hydroxylation sites is 1. The molecular weight excluding hydrogens is 384 g/mol. The molecule has 2 aromatic carbocycles. The maximum absolute atomic E-state index is 12.3. The first-order chi connectivity index (χ1) is 13.5. The fourth-order valence-electron chi connectivity index (χ4n) is 2.98. The van der Waals surface area contributed by atoms with Gasteiger partial charge in [0.05, 0.1) is 29.0 Å². The minimum absolute atomic E-state index is 0.157. The Hall–Kier alpha value is -2.83. The van der Waals surface area contributed by atoms with E-state index in [-0.39, 0.29) is 17.5 Å². The molecule has 6 nitrogen and oxygen atoms in total. The van der Waals surface area contributed by atoms with Crippen molar-refractivity contribution in [3.8, 4) is 17.1 Å². The molecule has 1 aliphatic carbocycles. The molecule has 1 saturated carbocycles. The first kappa shape index (κ1) is 18.5. The van der Waals surface area contributed by atoms with Crippen molar-refractivity contribution >= 4 is 28.5 Å². The van der Waals surface area contributed by atoms with Gasteiger partial charge in [-0.05, 0) is 42.8 Å². The highest BCUT2D eigenvalue weighted by molar-refractivity contribution is 6.34. The molecule has 0 radical (unpaired) electrons. The van der Waals surface area contributed by atoms with Crippen LogP contribution >= 0.6 is 11.6 Å². The van der Waals surface area contributed by atoms with Gasteiger partial charge in [-0.15, -0.1) is 0 Å². The maximum atomic E-state index is 12.3. The molecule has 2 unspecified atom stereocenters. The smallest absolute Gasteiger partial charge is 0.309 e. The van der Waals surface area contributed by atoms with Crippen LogP contribution in [-0.2, 0) is 9.53 Å². The molecule has 3 aromatic rings. The molecule has 144 valence electrons. The third-order valence-corrected chi connectivity index (χ3v) is 4.88. The number of rotatable bonds is 7. The molecule has 2 atom stereocenters. The first-order valence-corrected chi connectivity index (χ1v) is 9.21. The second-order valence-electron chi connectivity index (χ2n) is 6.55. The molecule has 1 heterocycles. The van der Waals surface area contributed by atoms with E-state index in [2.05, 4.69) is 0 Å². The van der Waals surface area contributed by atoms with Crippen molar-refractivity contribution < 1.29 is 23.8 Å². The predicted molar refractivity (Wildman–Crippen MR) is 104 cm³/mol. The SMILES string of the molecule is O=C(O)C1CC1OCCOc1ccc(-c2cc(=O)c3cccc(Cl)c3o2)cc1. The number of carboxylic acids is 1. The molecule has 1 N–H and O–H groups in total. The van der Waals surface area contributed by atoms with Gasteiger partial charge in [0.25, 0.3) is 0 Å². The van der Waals surface area contributed by atoms with Crippen molar-refractivity contribution in [2.75, 3.05) is 13.2 Å². The lowest BCUT2D eigenvalue weighted by molar-refractivity contribution is -0.139. The van der Waals surface area contributed by atoms with Gasteiger partial charge in [0.1, 0.15) is 18.1 Å². The minimum Gasteiger partial charge on any atom is -0.491 e. The average Bonchev–Trinajstić information content (AvgIpc) is 3.46. The van der Waals surface area contributed by atoms with Crippen LogP contribution in [0.4, 0.5) is 0 Å². The molecule has 1 fully saturated rings. The van der Waals surface area contributed by atoms with E-state index in [0.29, 0.717) is 47.1 Å². The van der Waals surface area contributed by atoms with E-state index in [4.69, 9.17) is 30.6 Å². The van der Waals surface area contributed by atoms with Gasteiger partial charge in [0.15, 0.2) is 11.0 Å². The minimum atomic E-state index is -0.817. The zero-order valence-electron chi connectivity index (χ0n) is 14.8. The number of carboxylic acid groups (broad SMARTS) is 1. The maximum Gasteiger partial charge on any atom is 0.309 e. The zero-order valence-corrected chi connectivity index (χ0v) is 15.5. The molecule has 0 amide bonds. The number of hydrogen-bond acceptors (Lipinski definition) is 5. The highest BCUT2D eigenvalue weighted by Gasteiger charge is 2.44. The van der Waals surface area contributed by atoms with Crippen molar-refractivity contribution in [3.05, 3.63) is 63.8 Å². The molecular formula is C21H17ClO6.